The van der Waals surface area contributed by atoms with E-state index < -0.39 is 0 Å². The Labute approximate surface area is 151 Å². The van der Waals surface area contributed by atoms with Gasteiger partial charge < -0.3 is 4.42 Å². The van der Waals surface area contributed by atoms with Gasteiger partial charge in [0.1, 0.15) is 11.2 Å². The molecule has 2 nitrogen and oxygen atoms in total. The van der Waals surface area contributed by atoms with Crippen LogP contribution in [-0.2, 0) is 10.8 Å². The number of benzene rings is 2. The summed E-state index contributed by atoms with van der Waals surface area (Å²) in [6, 6.07) is 9.75. The smallest absolute Gasteiger partial charge is 0.200 e. The van der Waals surface area contributed by atoms with E-state index in [0.717, 1.165) is 15.6 Å². The van der Waals surface area contributed by atoms with Gasteiger partial charge in [-0.1, -0.05) is 63.5 Å². The highest BCUT2D eigenvalue weighted by atomic mass is 79.9. The Balaban J connectivity index is 2.55. The minimum absolute atomic E-state index is 0.0324. The molecule has 0 aliphatic carbocycles. The third-order valence-electron chi connectivity index (χ3n) is 4.41. The molecule has 0 radical (unpaired) electrons. The molecule has 3 aromatic rings. The van der Waals surface area contributed by atoms with Gasteiger partial charge in [-0.2, -0.15) is 0 Å². The van der Waals surface area contributed by atoms with Gasteiger partial charge in [-0.05, 0) is 40.7 Å². The summed E-state index contributed by atoms with van der Waals surface area (Å²) in [5.74, 6) is 0. The molecule has 0 amide bonds. The van der Waals surface area contributed by atoms with Crippen molar-refractivity contribution in [1.29, 1.82) is 0 Å². The van der Waals surface area contributed by atoms with Crippen LogP contribution >= 0.6 is 15.9 Å². The Kier molecular flexibility index (Phi) is 3.91. The van der Waals surface area contributed by atoms with Crippen molar-refractivity contribution >= 4 is 37.9 Å². The van der Waals surface area contributed by atoms with Crippen LogP contribution in [-0.4, -0.2) is 0 Å². The highest BCUT2D eigenvalue weighted by Crippen LogP contribution is 2.35. The van der Waals surface area contributed by atoms with Crippen LogP contribution < -0.4 is 5.43 Å². The summed E-state index contributed by atoms with van der Waals surface area (Å²) in [5, 5.41) is 1.29. The average molecular weight is 387 g/mol. The zero-order chi connectivity index (χ0) is 17.9. The van der Waals surface area contributed by atoms with Gasteiger partial charge in [0.25, 0.3) is 0 Å². The Bertz CT molecular complexity index is 999. The van der Waals surface area contributed by atoms with Crippen LogP contribution in [0.1, 0.15) is 52.7 Å². The summed E-state index contributed by atoms with van der Waals surface area (Å²) < 4.78 is 7.11. The lowest BCUT2D eigenvalue weighted by Crippen LogP contribution is -2.18. The first-order valence-electron chi connectivity index (χ1n) is 8.19. The van der Waals surface area contributed by atoms with Crippen LogP contribution in [0.15, 0.2) is 44.0 Å². The van der Waals surface area contributed by atoms with Gasteiger partial charge in [0.15, 0.2) is 0 Å². The molecule has 0 N–H and O–H groups in total. The normalized spacial score (nSPS) is 13.0. The predicted octanol–water partition coefficient (Wildman–Crippen LogP) is 6.30. The molecule has 0 atom stereocenters. The van der Waals surface area contributed by atoms with Crippen LogP contribution in [0.3, 0.4) is 0 Å². The molecular formula is C21H23BrO2. The quantitative estimate of drug-likeness (QED) is 0.424. The maximum Gasteiger partial charge on any atom is 0.200 e. The molecule has 2 aromatic carbocycles. The molecule has 24 heavy (non-hydrogen) atoms. The SMILES string of the molecule is CC(C)(C)c1cc(C(C)(C)C)c2oc3cc(Br)ccc3c(=O)c2c1. The van der Waals surface area contributed by atoms with E-state index in [1.54, 1.807) is 0 Å². The summed E-state index contributed by atoms with van der Waals surface area (Å²) in [6.07, 6.45) is 0. The van der Waals surface area contributed by atoms with Crippen molar-refractivity contribution < 1.29 is 4.42 Å². The predicted molar refractivity (Wildman–Crippen MR) is 105 cm³/mol. The second-order valence-corrected chi connectivity index (χ2v) is 9.39. The molecule has 126 valence electrons. The topological polar surface area (TPSA) is 30.2 Å². The lowest BCUT2D eigenvalue weighted by molar-refractivity contribution is 0.557. The third kappa shape index (κ3) is 2.90. The van der Waals surface area contributed by atoms with E-state index in [1.807, 2.05) is 24.3 Å². The number of fused-ring (bicyclic) bond motifs is 2. The van der Waals surface area contributed by atoms with Gasteiger partial charge in [-0.25, -0.2) is 0 Å². The first-order chi connectivity index (χ1) is 11.0. The van der Waals surface area contributed by atoms with Crippen LogP contribution in [0.5, 0.6) is 0 Å². The molecule has 3 rings (SSSR count). The molecule has 1 aromatic heterocycles. The van der Waals surface area contributed by atoms with Crippen molar-refractivity contribution in [3.63, 3.8) is 0 Å². The Hall–Kier alpha value is -1.61. The Morgan fingerprint density at radius 1 is 0.875 bits per heavy atom. The maximum absolute atomic E-state index is 13.1. The average Bonchev–Trinajstić information content (AvgIpc) is 2.44. The molecule has 0 bridgehead atoms. The number of halogens is 1. The van der Waals surface area contributed by atoms with E-state index in [0.29, 0.717) is 21.9 Å². The molecular weight excluding hydrogens is 364 g/mol. The summed E-state index contributed by atoms with van der Waals surface area (Å²) in [6.45, 7) is 13.0. The van der Waals surface area contributed by atoms with Gasteiger partial charge in [0.05, 0.1) is 10.8 Å². The molecule has 1 heterocycles. The highest BCUT2D eigenvalue weighted by Gasteiger charge is 2.25. The lowest BCUT2D eigenvalue weighted by atomic mass is 9.79. The maximum atomic E-state index is 13.1. The molecule has 0 fully saturated rings. The number of hydrogen-bond donors (Lipinski definition) is 0. The van der Waals surface area contributed by atoms with Crippen molar-refractivity contribution in [3.8, 4) is 0 Å². The van der Waals surface area contributed by atoms with Gasteiger partial charge in [-0.3, -0.25) is 4.79 Å². The van der Waals surface area contributed by atoms with E-state index in [1.165, 1.54) is 0 Å². The fraction of sp³-hybridized carbons (Fsp3) is 0.381. The molecule has 0 aliphatic rings. The van der Waals surface area contributed by atoms with Crippen LogP contribution in [0.2, 0.25) is 0 Å². The third-order valence-corrected chi connectivity index (χ3v) is 4.90. The second kappa shape index (κ2) is 5.45. The summed E-state index contributed by atoms with van der Waals surface area (Å²) in [7, 11) is 0. The molecule has 0 saturated heterocycles. The van der Waals surface area contributed by atoms with Gasteiger partial charge in [0.2, 0.25) is 5.43 Å². The number of rotatable bonds is 0. The minimum atomic E-state index is -0.116. The largest absolute Gasteiger partial charge is 0.455 e. The van der Waals surface area contributed by atoms with Crippen molar-refractivity contribution in [2.45, 2.75) is 52.4 Å². The summed E-state index contributed by atoms with van der Waals surface area (Å²) in [5.41, 5.74) is 3.44. The zero-order valence-corrected chi connectivity index (χ0v) is 16.7. The van der Waals surface area contributed by atoms with Crippen LogP contribution in [0.4, 0.5) is 0 Å². The highest BCUT2D eigenvalue weighted by molar-refractivity contribution is 9.10. The zero-order valence-electron chi connectivity index (χ0n) is 15.1. The molecule has 0 spiro atoms. The van der Waals surface area contributed by atoms with Crippen LogP contribution in [0, 0.1) is 0 Å². The monoisotopic (exact) mass is 386 g/mol. The fourth-order valence-electron chi connectivity index (χ4n) is 2.92. The summed E-state index contributed by atoms with van der Waals surface area (Å²) >= 11 is 3.45. The van der Waals surface area contributed by atoms with E-state index in [-0.39, 0.29) is 16.3 Å². The molecule has 3 heteroatoms. The van der Waals surface area contributed by atoms with Crippen molar-refractivity contribution in [1.82, 2.24) is 0 Å². The molecule has 0 unspecified atom stereocenters. The van der Waals surface area contributed by atoms with E-state index in [2.05, 4.69) is 63.5 Å². The molecule has 0 aliphatic heterocycles. The Morgan fingerprint density at radius 3 is 2.12 bits per heavy atom. The number of hydrogen-bond acceptors (Lipinski definition) is 2. The Morgan fingerprint density at radius 2 is 1.54 bits per heavy atom. The second-order valence-electron chi connectivity index (χ2n) is 8.47. The van der Waals surface area contributed by atoms with Gasteiger partial charge >= 0.3 is 0 Å². The van der Waals surface area contributed by atoms with Crippen molar-refractivity contribution in [2.24, 2.45) is 0 Å². The van der Waals surface area contributed by atoms with E-state index in [9.17, 15) is 4.79 Å². The molecule has 0 saturated carbocycles. The first kappa shape index (κ1) is 17.2. The lowest BCUT2D eigenvalue weighted by Gasteiger charge is -2.26. The first-order valence-corrected chi connectivity index (χ1v) is 8.99. The fourth-order valence-corrected chi connectivity index (χ4v) is 3.26. The minimum Gasteiger partial charge on any atom is -0.455 e. The van der Waals surface area contributed by atoms with Gasteiger partial charge in [-0.15, -0.1) is 0 Å². The van der Waals surface area contributed by atoms with Gasteiger partial charge in [0, 0.05) is 10.0 Å². The standard InChI is InChI=1S/C21H23BrO2/c1-20(2,3)12-9-15-18(23)14-8-7-13(22)11-17(14)24-19(15)16(10-12)21(4,5)6/h7-11H,1-6H3. The summed E-state index contributed by atoms with van der Waals surface area (Å²) in [4.78, 5) is 13.1. The van der Waals surface area contributed by atoms with Crippen molar-refractivity contribution in [3.05, 3.63) is 56.2 Å². The van der Waals surface area contributed by atoms with E-state index >= 15 is 0 Å². The van der Waals surface area contributed by atoms with E-state index in [4.69, 9.17) is 4.42 Å². The van der Waals surface area contributed by atoms with Crippen LogP contribution in [0.25, 0.3) is 21.9 Å². The van der Waals surface area contributed by atoms with Crippen molar-refractivity contribution in [2.75, 3.05) is 0 Å².